The molecule has 2 atom stereocenters. The molecule has 0 bridgehead atoms. The molecule has 27 heavy (non-hydrogen) atoms. The fourth-order valence-corrected chi connectivity index (χ4v) is 3.31. The van der Waals surface area contributed by atoms with E-state index in [0.717, 1.165) is 22.3 Å². The molecule has 1 aliphatic carbocycles. The largest absolute Gasteiger partial charge is 0.481 e. The third-order valence-electron chi connectivity index (χ3n) is 4.77. The maximum Gasteiger partial charge on any atom is 0.407 e. The SMILES string of the molecule is C[C@H](C(=O)O)[C@@H](NC(=O)OCC1c2ccccc2-c2ccccc21)C(=O)O. The van der Waals surface area contributed by atoms with Crippen LogP contribution < -0.4 is 5.32 Å². The third kappa shape index (κ3) is 3.62. The second-order valence-corrected chi connectivity index (χ2v) is 6.41. The molecule has 0 aliphatic heterocycles. The Morgan fingerprint density at radius 1 is 0.963 bits per heavy atom. The summed E-state index contributed by atoms with van der Waals surface area (Å²) in [4.78, 5) is 34.3. The van der Waals surface area contributed by atoms with Crippen LogP contribution in [0.25, 0.3) is 11.1 Å². The van der Waals surface area contributed by atoms with Crippen LogP contribution in [0.1, 0.15) is 24.0 Å². The molecule has 1 aliphatic rings. The van der Waals surface area contributed by atoms with Crippen molar-refractivity contribution in [3.05, 3.63) is 59.7 Å². The van der Waals surface area contributed by atoms with Gasteiger partial charge in [-0.3, -0.25) is 4.79 Å². The van der Waals surface area contributed by atoms with Crippen LogP contribution in [0, 0.1) is 5.92 Å². The fraction of sp³-hybridized carbons (Fsp3) is 0.250. The van der Waals surface area contributed by atoms with E-state index in [2.05, 4.69) is 5.32 Å². The number of rotatable bonds is 6. The van der Waals surface area contributed by atoms with Gasteiger partial charge in [0.2, 0.25) is 0 Å². The zero-order valence-electron chi connectivity index (χ0n) is 14.6. The average Bonchev–Trinajstić information content (AvgIpc) is 2.97. The Labute approximate surface area is 155 Å². The smallest absolute Gasteiger partial charge is 0.407 e. The number of carboxylic acids is 2. The van der Waals surface area contributed by atoms with E-state index < -0.39 is 30.0 Å². The molecular formula is C20H19NO6. The van der Waals surface area contributed by atoms with Gasteiger partial charge in [-0.15, -0.1) is 0 Å². The van der Waals surface area contributed by atoms with E-state index >= 15 is 0 Å². The minimum atomic E-state index is -1.57. The molecule has 0 fully saturated rings. The molecule has 3 rings (SSSR count). The van der Waals surface area contributed by atoms with Crippen LogP contribution >= 0.6 is 0 Å². The number of ether oxygens (including phenoxy) is 1. The first-order valence-electron chi connectivity index (χ1n) is 8.47. The summed E-state index contributed by atoms with van der Waals surface area (Å²) >= 11 is 0. The highest BCUT2D eigenvalue weighted by Crippen LogP contribution is 2.44. The van der Waals surface area contributed by atoms with Gasteiger partial charge in [-0.25, -0.2) is 9.59 Å². The van der Waals surface area contributed by atoms with E-state index in [1.807, 2.05) is 48.5 Å². The monoisotopic (exact) mass is 369 g/mol. The van der Waals surface area contributed by atoms with Crippen LogP contribution in [-0.4, -0.2) is 40.9 Å². The van der Waals surface area contributed by atoms with E-state index in [1.54, 1.807) is 0 Å². The number of benzene rings is 2. The number of hydrogen-bond acceptors (Lipinski definition) is 4. The second kappa shape index (κ2) is 7.49. The quantitative estimate of drug-likeness (QED) is 0.722. The van der Waals surface area contributed by atoms with E-state index in [1.165, 1.54) is 6.92 Å². The first-order valence-corrected chi connectivity index (χ1v) is 8.47. The Hall–Kier alpha value is -3.35. The molecule has 0 spiro atoms. The molecular weight excluding hydrogens is 350 g/mol. The van der Waals surface area contributed by atoms with Gasteiger partial charge in [0.1, 0.15) is 12.6 Å². The molecule has 2 aromatic rings. The first-order chi connectivity index (χ1) is 12.9. The number of fused-ring (bicyclic) bond motifs is 3. The fourth-order valence-electron chi connectivity index (χ4n) is 3.31. The summed E-state index contributed by atoms with van der Waals surface area (Å²) in [5, 5.41) is 20.3. The molecule has 0 saturated heterocycles. The van der Waals surface area contributed by atoms with Crippen LogP contribution in [0.4, 0.5) is 4.79 Å². The Morgan fingerprint density at radius 2 is 1.48 bits per heavy atom. The summed E-state index contributed by atoms with van der Waals surface area (Å²) in [6.07, 6.45) is -0.961. The van der Waals surface area contributed by atoms with Gasteiger partial charge in [-0.1, -0.05) is 48.5 Å². The molecule has 0 radical (unpaired) electrons. The molecule has 2 aromatic carbocycles. The lowest BCUT2D eigenvalue weighted by molar-refractivity contribution is -0.150. The topological polar surface area (TPSA) is 113 Å². The minimum Gasteiger partial charge on any atom is -0.481 e. The van der Waals surface area contributed by atoms with Gasteiger partial charge in [0.25, 0.3) is 0 Å². The van der Waals surface area contributed by atoms with Gasteiger partial charge in [0, 0.05) is 5.92 Å². The Balaban J connectivity index is 1.72. The maximum atomic E-state index is 12.1. The van der Waals surface area contributed by atoms with Crippen molar-refractivity contribution in [2.75, 3.05) is 6.61 Å². The van der Waals surface area contributed by atoms with Crippen LogP contribution in [0.2, 0.25) is 0 Å². The number of carbonyl (C=O) groups is 3. The predicted octanol–water partition coefficient (Wildman–Crippen LogP) is 2.70. The number of carboxylic acid groups (broad SMARTS) is 2. The van der Waals surface area contributed by atoms with Crippen LogP contribution in [0.5, 0.6) is 0 Å². The van der Waals surface area contributed by atoms with Crippen molar-refractivity contribution in [2.45, 2.75) is 18.9 Å². The molecule has 3 N–H and O–H groups in total. The van der Waals surface area contributed by atoms with Gasteiger partial charge in [-0.05, 0) is 29.2 Å². The molecule has 0 aromatic heterocycles. The molecule has 0 unspecified atom stereocenters. The van der Waals surface area contributed by atoms with Gasteiger partial charge in [0.15, 0.2) is 0 Å². The number of aliphatic carboxylic acids is 2. The van der Waals surface area contributed by atoms with Gasteiger partial charge in [0.05, 0.1) is 5.92 Å². The molecule has 7 nitrogen and oxygen atoms in total. The Kier molecular flexibility index (Phi) is 5.12. The van der Waals surface area contributed by atoms with Crippen molar-refractivity contribution in [1.82, 2.24) is 5.32 Å². The van der Waals surface area contributed by atoms with Crippen LogP contribution in [-0.2, 0) is 14.3 Å². The second-order valence-electron chi connectivity index (χ2n) is 6.41. The number of nitrogens with one attached hydrogen (secondary N) is 1. The van der Waals surface area contributed by atoms with Crippen molar-refractivity contribution < 1.29 is 29.3 Å². The lowest BCUT2D eigenvalue weighted by Gasteiger charge is -2.19. The van der Waals surface area contributed by atoms with Crippen LogP contribution in [0.15, 0.2) is 48.5 Å². The lowest BCUT2D eigenvalue weighted by Crippen LogP contribution is -2.47. The number of amides is 1. The predicted molar refractivity (Wildman–Crippen MR) is 96.4 cm³/mol. The summed E-state index contributed by atoms with van der Waals surface area (Å²) in [7, 11) is 0. The highest BCUT2D eigenvalue weighted by atomic mass is 16.5. The summed E-state index contributed by atoms with van der Waals surface area (Å²) in [6.45, 7) is 1.23. The van der Waals surface area contributed by atoms with Gasteiger partial charge < -0.3 is 20.3 Å². The van der Waals surface area contributed by atoms with Gasteiger partial charge in [-0.2, -0.15) is 0 Å². The average molecular weight is 369 g/mol. The van der Waals surface area contributed by atoms with E-state index in [4.69, 9.17) is 14.9 Å². The number of carbonyl (C=O) groups excluding carboxylic acids is 1. The minimum absolute atomic E-state index is 0.0215. The summed E-state index contributed by atoms with van der Waals surface area (Å²) in [6, 6.07) is 14.1. The van der Waals surface area contributed by atoms with Crippen molar-refractivity contribution in [3.63, 3.8) is 0 Å². The third-order valence-corrected chi connectivity index (χ3v) is 4.77. The maximum absolute atomic E-state index is 12.1. The standard InChI is InChI=1S/C20H19NO6/c1-11(18(22)23)17(19(24)25)21-20(26)27-10-16-14-8-4-2-6-12(14)13-7-3-5-9-15(13)16/h2-9,11,16-17H,10H2,1H3,(H,21,26)(H,22,23)(H,24,25)/t11-,17+/m0/s1. The van der Waals surface area contributed by atoms with Gasteiger partial charge >= 0.3 is 18.0 Å². The molecule has 140 valence electrons. The summed E-state index contributed by atoms with van der Waals surface area (Å²) in [5.74, 6) is -4.20. The van der Waals surface area contributed by atoms with Crippen LogP contribution in [0.3, 0.4) is 0 Å². The first kappa shape index (κ1) is 18.4. The highest BCUT2D eigenvalue weighted by molar-refractivity contribution is 5.86. The van der Waals surface area contributed by atoms with Crippen molar-refractivity contribution >= 4 is 18.0 Å². The summed E-state index contributed by atoms with van der Waals surface area (Å²) in [5.41, 5.74) is 4.20. The Morgan fingerprint density at radius 3 is 1.96 bits per heavy atom. The number of alkyl carbamates (subject to hydrolysis) is 1. The van der Waals surface area contributed by atoms with E-state index in [9.17, 15) is 14.4 Å². The lowest BCUT2D eigenvalue weighted by atomic mass is 9.98. The molecule has 7 heteroatoms. The molecule has 0 heterocycles. The van der Waals surface area contributed by atoms with Crippen molar-refractivity contribution in [2.24, 2.45) is 5.92 Å². The zero-order chi connectivity index (χ0) is 19.6. The molecule has 0 saturated carbocycles. The highest BCUT2D eigenvalue weighted by Gasteiger charge is 2.33. The van der Waals surface area contributed by atoms with E-state index in [-0.39, 0.29) is 12.5 Å². The Bertz CT molecular complexity index is 848. The van der Waals surface area contributed by atoms with Crippen molar-refractivity contribution in [1.29, 1.82) is 0 Å². The van der Waals surface area contributed by atoms with Crippen molar-refractivity contribution in [3.8, 4) is 11.1 Å². The van der Waals surface area contributed by atoms with E-state index in [0.29, 0.717) is 0 Å². The molecule has 1 amide bonds. The summed E-state index contributed by atoms with van der Waals surface area (Å²) < 4.78 is 5.24. The zero-order valence-corrected chi connectivity index (χ0v) is 14.6. The number of hydrogen-bond donors (Lipinski definition) is 3. The normalized spacial score (nSPS) is 14.6.